The molecule has 0 heterocycles. The van der Waals surface area contributed by atoms with Crippen LogP contribution in [0.5, 0.6) is 5.75 Å². The molecule has 3 nitrogen and oxygen atoms in total. The molecule has 0 amide bonds. The molecule has 1 aromatic rings. The maximum atomic E-state index is 13.1. The van der Waals surface area contributed by atoms with Gasteiger partial charge in [-0.05, 0) is 0 Å². The van der Waals surface area contributed by atoms with Crippen LogP contribution in [0.2, 0.25) is 0 Å². The molecular weight excluding hydrogens is 231 g/mol. The number of halogens is 4. The Labute approximate surface area is 89.1 Å². The third-order valence-corrected chi connectivity index (χ3v) is 1.67. The highest BCUT2D eigenvalue weighted by molar-refractivity contribution is 6.37. The Morgan fingerprint density at radius 1 is 0.938 bits per heavy atom. The lowest BCUT2D eigenvalue weighted by Crippen LogP contribution is -2.28. The van der Waals surface area contributed by atoms with Crippen LogP contribution in [-0.2, 0) is 9.31 Å². The summed E-state index contributed by atoms with van der Waals surface area (Å²) < 4.78 is 64.9. The molecule has 1 rings (SSSR count). The average molecular weight is 238 g/mol. The molecule has 8 heteroatoms. The molecule has 0 aliphatic heterocycles. The predicted molar refractivity (Wildman–Crippen MR) is 46.7 cm³/mol. The van der Waals surface area contributed by atoms with Crippen LogP contribution in [-0.4, -0.2) is 21.5 Å². The fourth-order valence-corrected chi connectivity index (χ4v) is 0.946. The second kappa shape index (κ2) is 5.17. The van der Waals surface area contributed by atoms with E-state index in [9.17, 15) is 17.6 Å². The molecule has 0 atom stereocenters. The lowest BCUT2D eigenvalue weighted by atomic mass is 10.2. The maximum absolute atomic E-state index is 13.1. The van der Waals surface area contributed by atoms with Gasteiger partial charge in [0.2, 0.25) is 5.82 Å². The van der Waals surface area contributed by atoms with Crippen LogP contribution in [0, 0.1) is 23.3 Å². The molecule has 0 saturated carbocycles. The van der Waals surface area contributed by atoms with Gasteiger partial charge in [-0.25, -0.2) is 13.2 Å². The highest BCUT2D eigenvalue weighted by Gasteiger charge is 2.27. The Hall–Kier alpha value is -1.28. The first kappa shape index (κ1) is 12.8. The van der Waals surface area contributed by atoms with E-state index in [1.807, 2.05) is 0 Å². The van der Waals surface area contributed by atoms with Gasteiger partial charge in [0.05, 0.1) is 0 Å². The Morgan fingerprint density at radius 2 is 1.50 bits per heavy atom. The normalized spacial score (nSPS) is 10.4. The quantitative estimate of drug-likeness (QED) is 0.347. The van der Waals surface area contributed by atoms with E-state index in [1.54, 1.807) is 0 Å². The molecule has 0 aliphatic carbocycles. The molecule has 0 N–H and O–H groups in total. The van der Waals surface area contributed by atoms with Crippen molar-refractivity contribution >= 4 is 7.32 Å². The van der Waals surface area contributed by atoms with Gasteiger partial charge in [-0.1, -0.05) is 0 Å². The fourth-order valence-electron chi connectivity index (χ4n) is 0.946. The molecule has 0 aliphatic rings. The Balaban J connectivity index is 3.09. The number of benzene rings is 1. The first-order valence-electron chi connectivity index (χ1n) is 4.06. The van der Waals surface area contributed by atoms with Gasteiger partial charge in [-0.15, -0.1) is 0 Å². The van der Waals surface area contributed by atoms with Gasteiger partial charge in [-0.2, -0.15) is 4.39 Å². The highest BCUT2D eigenvalue weighted by atomic mass is 19.2. The minimum Gasteiger partial charge on any atom is -0.507 e. The number of rotatable bonds is 4. The molecular formula is C8H7BF4O3. The first-order chi connectivity index (χ1) is 7.51. The SMILES string of the molecule is COB(OC)Oc1c(F)cc(F)c(F)c1F. The van der Waals surface area contributed by atoms with Crippen molar-refractivity contribution < 1.29 is 31.5 Å². The molecule has 0 unspecified atom stereocenters. The van der Waals surface area contributed by atoms with E-state index in [1.165, 1.54) is 0 Å². The van der Waals surface area contributed by atoms with Crippen molar-refractivity contribution in [1.82, 2.24) is 0 Å². The Bertz CT molecular complexity index is 384. The minimum absolute atomic E-state index is 0.163. The molecule has 0 aromatic heterocycles. The van der Waals surface area contributed by atoms with Crippen LogP contribution < -0.4 is 4.65 Å². The van der Waals surface area contributed by atoms with Gasteiger partial charge in [0.15, 0.2) is 23.2 Å². The van der Waals surface area contributed by atoms with Gasteiger partial charge in [0, 0.05) is 20.3 Å². The van der Waals surface area contributed by atoms with E-state index in [2.05, 4.69) is 14.0 Å². The number of hydrogen-bond acceptors (Lipinski definition) is 3. The van der Waals surface area contributed by atoms with Crippen molar-refractivity contribution in [2.75, 3.05) is 14.2 Å². The standard InChI is InChI=1S/C8H7BF4O3/c1-14-9(15-2)16-8-5(11)3-4(10)6(12)7(8)13/h3H,1-2H3. The average Bonchev–Trinajstić information content (AvgIpc) is 2.27. The molecule has 88 valence electrons. The van der Waals surface area contributed by atoms with Crippen LogP contribution in [0.25, 0.3) is 0 Å². The van der Waals surface area contributed by atoms with Crippen LogP contribution >= 0.6 is 0 Å². The van der Waals surface area contributed by atoms with E-state index in [4.69, 9.17) is 0 Å². The van der Waals surface area contributed by atoms with Crippen molar-refractivity contribution in [2.45, 2.75) is 0 Å². The van der Waals surface area contributed by atoms with E-state index < -0.39 is 36.3 Å². The zero-order chi connectivity index (χ0) is 12.3. The summed E-state index contributed by atoms with van der Waals surface area (Å²) in [5, 5.41) is 0. The summed E-state index contributed by atoms with van der Waals surface area (Å²) in [6, 6.07) is 0.163. The second-order valence-corrected chi connectivity index (χ2v) is 2.68. The van der Waals surface area contributed by atoms with Gasteiger partial charge in [0.25, 0.3) is 0 Å². The summed E-state index contributed by atoms with van der Waals surface area (Å²) >= 11 is 0. The van der Waals surface area contributed by atoms with E-state index >= 15 is 0 Å². The molecule has 1 aromatic carbocycles. The Kier molecular flexibility index (Phi) is 4.14. The smallest absolute Gasteiger partial charge is 0.507 e. The molecule has 0 fully saturated rings. The zero-order valence-corrected chi connectivity index (χ0v) is 8.39. The third kappa shape index (κ3) is 2.45. The van der Waals surface area contributed by atoms with Crippen LogP contribution in [0.1, 0.15) is 0 Å². The van der Waals surface area contributed by atoms with Crippen molar-refractivity contribution in [2.24, 2.45) is 0 Å². The highest BCUT2D eigenvalue weighted by Crippen LogP contribution is 2.26. The summed E-state index contributed by atoms with van der Waals surface area (Å²) in [7, 11) is 0.863. The predicted octanol–water partition coefficient (Wildman–Crippen LogP) is 1.90. The third-order valence-electron chi connectivity index (χ3n) is 1.67. The van der Waals surface area contributed by atoms with E-state index in [-0.39, 0.29) is 6.07 Å². The van der Waals surface area contributed by atoms with Gasteiger partial charge < -0.3 is 14.0 Å². The fraction of sp³-hybridized carbons (Fsp3) is 0.250. The van der Waals surface area contributed by atoms with Gasteiger partial charge >= 0.3 is 7.32 Å². The largest absolute Gasteiger partial charge is 0.712 e. The maximum Gasteiger partial charge on any atom is 0.712 e. The van der Waals surface area contributed by atoms with Gasteiger partial charge in [0.1, 0.15) is 0 Å². The van der Waals surface area contributed by atoms with Crippen molar-refractivity contribution in [1.29, 1.82) is 0 Å². The first-order valence-corrected chi connectivity index (χ1v) is 4.06. The summed E-state index contributed by atoms with van der Waals surface area (Å²) in [5.41, 5.74) is 0. The second-order valence-electron chi connectivity index (χ2n) is 2.68. The van der Waals surface area contributed by atoms with E-state index in [0.29, 0.717) is 0 Å². The minimum atomic E-state index is -1.83. The van der Waals surface area contributed by atoms with E-state index in [0.717, 1.165) is 14.2 Å². The van der Waals surface area contributed by atoms with Crippen LogP contribution in [0.15, 0.2) is 6.07 Å². The summed E-state index contributed by atoms with van der Waals surface area (Å²) in [6.45, 7) is 0. The van der Waals surface area contributed by atoms with Gasteiger partial charge in [-0.3, -0.25) is 0 Å². The Morgan fingerprint density at radius 3 is 2.00 bits per heavy atom. The topological polar surface area (TPSA) is 27.7 Å². The molecule has 0 radical (unpaired) electrons. The monoisotopic (exact) mass is 238 g/mol. The molecule has 0 bridgehead atoms. The lowest BCUT2D eigenvalue weighted by Gasteiger charge is -2.12. The molecule has 0 saturated heterocycles. The summed E-state index contributed by atoms with van der Waals surface area (Å²) in [5.74, 6) is -7.75. The molecule has 16 heavy (non-hydrogen) atoms. The molecule has 0 spiro atoms. The van der Waals surface area contributed by atoms with Crippen molar-refractivity contribution in [3.63, 3.8) is 0 Å². The summed E-state index contributed by atoms with van der Waals surface area (Å²) in [4.78, 5) is 0. The zero-order valence-electron chi connectivity index (χ0n) is 8.39. The van der Waals surface area contributed by atoms with Crippen molar-refractivity contribution in [3.05, 3.63) is 29.3 Å². The van der Waals surface area contributed by atoms with Crippen LogP contribution in [0.4, 0.5) is 17.6 Å². The lowest BCUT2D eigenvalue weighted by molar-refractivity contribution is 0.194. The number of hydrogen-bond donors (Lipinski definition) is 0. The summed E-state index contributed by atoms with van der Waals surface area (Å²) in [6.07, 6.45) is 0. The van der Waals surface area contributed by atoms with Crippen molar-refractivity contribution in [3.8, 4) is 5.75 Å². The van der Waals surface area contributed by atoms with Crippen LogP contribution in [0.3, 0.4) is 0 Å².